The third kappa shape index (κ3) is 5.94. The van der Waals surface area contributed by atoms with Crippen molar-refractivity contribution in [1.29, 1.82) is 0 Å². The van der Waals surface area contributed by atoms with Gasteiger partial charge in [0.25, 0.3) is 10.0 Å². The van der Waals surface area contributed by atoms with Crippen LogP contribution in [0.15, 0.2) is 65.6 Å². The van der Waals surface area contributed by atoms with Gasteiger partial charge < -0.3 is 14.4 Å². The first-order valence-electron chi connectivity index (χ1n) is 11.4. The molecule has 0 atom stereocenters. The van der Waals surface area contributed by atoms with Crippen LogP contribution in [0.3, 0.4) is 0 Å². The minimum atomic E-state index is -4.17. The van der Waals surface area contributed by atoms with E-state index in [4.69, 9.17) is 21.1 Å². The number of carbonyl (C=O) groups excluding carboxylic acids is 1. The third-order valence-electron chi connectivity index (χ3n) is 5.88. The molecule has 192 valence electrons. The lowest BCUT2D eigenvalue weighted by molar-refractivity contribution is -0.127. The summed E-state index contributed by atoms with van der Waals surface area (Å²) >= 11 is 6.43. The Balaban J connectivity index is 2.21. The van der Waals surface area contributed by atoms with Gasteiger partial charge in [0, 0.05) is 31.6 Å². The number of anilines is 1. The van der Waals surface area contributed by atoms with Crippen molar-refractivity contribution in [2.24, 2.45) is 0 Å². The largest absolute Gasteiger partial charge is 0.493 e. The van der Waals surface area contributed by atoms with Crippen LogP contribution in [0, 0.1) is 0 Å². The third-order valence-corrected chi connectivity index (χ3v) is 8.00. The van der Waals surface area contributed by atoms with Gasteiger partial charge in [0.2, 0.25) is 5.91 Å². The Morgan fingerprint density at radius 2 is 1.61 bits per heavy atom. The SMILES string of the molecule is CCc1ccc(N(CC(=O)N(C)C)S(=O)(=O)c2ccc(OC)c(OC)c2)c(Cc2ccccc2Cl)c1. The molecule has 36 heavy (non-hydrogen) atoms. The van der Waals surface area contributed by atoms with Gasteiger partial charge in [-0.05, 0) is 47.4 Å². The molecule has 0 saturated carbocycles. The van der Waals surface area contributed by atoms with Gasteiger partial charge in [-0.2, -0.15) is 0 Å². The van der Waals surface area contributed by atoms with Gasteiger partial charge in [-0.3, -0.25) is 9.10 Å². The van der Waals surface area contributed by atoms with E-state index in [0.29, 0.717) is 22.9 Å². The lowest BCUT2D eigenvalue weighted by atomic mass is 9.99. The summed E-state index contributed by atoms with van der Waals surface area (Å²) in [5.41, 5.74) is 3.06. The summed E-state index contributed by atoms with van der Waals surface area (Å²) in [4.78, 5) is 14.2. The second kappa shape index (κ2) is 11.7. The highest BCUT2D eigenvalue weighted by Crippen LogP contribution is 2.35. The van der Waals surface area contributed by atoms with Crippen molar-refractivity contribution < 1.29 is 22.7 Å². The van der Waals surface area contributed by atoms with Crippen LogP contribution in [0.1, 0.15) is 23.6 Å². The Labute approximate surface area is 218 Å². The predicted octanol–water partition coefficient (Wildman–Crippen LogP) is 4.79. The van der Waals surface area contributed by atoms with Crippen molar-refractivity contribution >= 4 is 33.2 Å². The molecule has 3 rings (SSSR count). The van der Waals surface area contributed by atoms with Gasteiger partial charge in [0.05, 0.1) is 24.8 Å². The Morgan fingerprint density at radius 1 is 0.917 bits per heavy atom. The number of halogens is 1. The summed E-state index contributed by atoms with van der Waals surface area (Å²) in [5.74, 6) is 0.316. The fraction of sp³-hybridized carbons (Fsp3) is 0.296. The molecule has 3 aromatic rings. The number of carbonyl (C=O) groups is 1. The summed E-state index contributed by atoms with van der Waals surface area (Å²) in [7, 11) is 1.93. The molecule has 0 N–H and O–H groups in total. The van der Waals surface area contributed by atoms with E-state index in [9.17, 15) is 13.2 Å². The number of hydrogen-bond acceptors (Lipinski definition) is 5. The van der Waals surface area contributed by atoms with Gasteiger partial charge >= 0.3 is 0 Å². The van der Waals surface area contributed by atoms with Gasteiger partial charge in [-0.1, -0.05) is 48.9 Å². The zero-order valence-electron chi connectivity index (χ0n) is 21.1. The summed E-state index contributed by atoms with van der Waals surface area (Å²) in [5, 5.41) is 0.587. The van der Waals surface area contributed by atoms with E-state index < -0.39 is 10.0 Å². The second-order valence-electron chi connectivity index (χ2n) is 8.40. The van der Waals surface area contributed by atoms with E-state index in [2.05, 4.69) is 0 Å². The summed E-state index contributed by atoms with van der Waals surface area (Å²) in [6, 6.07) is 17.4. The number of nitrogens with zero attached hydrogens (tertiary/aromatic N) is 2. The predicted molar refractivity (Wildman–Crippen MR) is 143 cm³/mol. The minimum absolute atomic E-state index is 0.0185. The fourth-order valence-electron chi connectivity index (χ4n) is 3.76. The van der Waals surface area contributed by atoms with Crippen LogP contribution in [0.25, 0.3) is 0 Å². The number of likely N-dealkylation sites (N-methyl/N-ethyl adjacent to an activating group) is 1. The highest BCUT2D eigenvalue weighted by Gasteiger charge is 2.30. The molecule has 3 aromatic carbocycles. The lowest BCUT2D eigenvalue weighted by Crippen LogP contribution is -2.41. The van der Waals surface area contributed by atoms with Crippen LogP contribution < -0.4 is 13.8 Å². The Kier molecular flexibility index (Phi) is 8.87. The number of sulfonamides is 1. The van der Waals surface area contributed by atoms with Gasteiger partial charge in [-0.15, -0.1) is 0 Å². The van der Waals surface area contributed by atoms with E-state index in [1.165, 1.54) is 37.3 Å². The number of hydrogen-bond donors (Lipinski definition) is 0. The standard InChI is InChI=1S/C27H31ClN2O5S/c1-6-19-11-13-24(21(15-19)16-20-9-7-8-10-23(20)28)30(18-27(31)29(2)3)36(32,33)22-12-14-25(34-4)26(17-22)35-5/h7-15,17H,6,16,18H2,1-5H3. The van der Waals surface area contributed by atoms with Crippen LogP contribution in [0.5, 0.6) is 11.5 Å². The highest BCUT2D eigenvalue weighted by atomic mass is 35.5. The molecule has 0 aromatic heterocycles. The quantitative estimate of drug-likeness (QED) is 0.376. The first kappa shape index (κ1) is 27.4. The smallest absolute Gasteiger partial charge is 0.264 e. The van der Waals surface area contributed by atoms with Crippen LogP contribution in [0.2, 0.25) is 5.02 Å². The molecule has 0 radical (unpaired) electrons. The van der Waals surface area contributed by atoms with E-state index >= 15 is 0 Å². The van der Waals surface area contributed by atoms with Crippen LogP contribution in [-0.2, 0) is 27.7 Å². The lowest BCUT2D eigenvalue weighted by Gasteiger charge is -2.28. The number of methoxy groups -OCH3 is 2. The molecule has 0 heterocycles. The second-order valence-corrected chi connectivity index (χ2v) is 10.7. The Hall–Kier alpha value is -3.23. The average molecular weight is 531 g/mol. The number of amides is 1. The van der Waals surface area contributed by atoms with Crippen LogP contribution >= 0.6 is 11.6 Å². The first-order valence-corrected chi connectivity index (χ1v) is 13.2. The molecule has 0 unspecified atom stereocenters. The van der Waals surface area contributed by atoms with E-state index in [1.54, 1.807) is 26.2 Å². The van der Waals surface area contributed by atoms with Gasteiger partial charge in [0.15, 0.2) is 11.5 Å². The molecule has 7 nitrogen and oxygen atoms in total. The molecule has 0 saturated heterocycles. The molecule has 0 aliphatic heterocycles. The van der Waals surface area contributed by atoms with E-state index in [0.717, 1.165) is 27.4 Å². The van der Waals surface area contributed by atoms with Gasteiger partial charge in [-0.25, -0.2) is 8.42 Å². The molecule has 0 fully saturated rings. The van der Waals surface area contributed by atoms with Gasteiger partial charge in [0.1, 0.15) is 6.54 Å². The molecule has 0 aliphatic carbocycles. The van der Waals surface area contributed by atoms with Crippen LogP contribution in [-0.4, -0.2) is 54.1 Å². The first-order chi connectivity index (χ1) is 17.1. The maximum Gasteiger partial charge on any atom is 0.264 e. The maximum atomic E-state index is 14.0. The van der Waals surface area contributed by atoms with Crippen molar-refractivity contribution in [2.45, 2.75) is 24.7 Å². The topological polar surface area (TPSA) is 76.2 Å². The molecular weight excluding hydrogens is 500 g/mol. The monoisotopic (exact) mass is 530 g/mol. The van der Waals surface area contributed by atoms with E-state index in [-0.39, 0.29) is 23.1 Å². The highest BCUT2D eigenvalue weighted by molar-refractivity contribution is 7.92. The molecule has 0 aliphatic rings. The zero-order chi connectivity index (χ0) is 26.5. The Bertz CT molecular complexity index is 1340. The minimum Gasteiger partial charge on any atom is -0.493 e. The number of aryl methyl sites for hydroxylation is 1. The average Bonchev–Trinajstić information content (AvgIpc) is 2.87. The van der Waals surface area contributed by atoms with Crippen molar-refractivity contribution in [3.05, 3.63) is 82.4 Å². The summed E-state index contributed by atoms with van der Waals surface area (Å²) < 4.78 is 39.8. The van der Waals surface area contributed by atoms with Crippen molar-refractivity contribution in [3.63, 3.8) is 0 Å². The Morgan fingerprint density at radius 3 is 2.22 bits per heavy atom. The maximum absolute atomic E-state index is 14.0. The van der Waals surface area contributed by atoms with Crippen molar-refractivity contribution in [3.8, 4) is 11.5 Å². The fourth-order valence-corrected chi connectivity index (χ4v) is 5.43. The molecule has 9 heteroatoms. The zero-order valence-corrected chi connectivity index (χ0v) is 22.7. The molecule has 0 spiro atoms. The number of benzene rings is 3. The van der Waals surface area contributed by atoms with Crippen LogP contribution in [0.4, 0.5) is 5.69 Å². The summed E-state index contributed by atoms with van der Waals surface area (Å²) in [6.45, 7) is 1.66. The molecule has 0 bridgehead atoms. The van der Waals surface area contributed by atoms with E-state index in [1.807, 2.05) is 37.3 Å². The summed E-state index contributed by atoms with van der Waals surface area (Å²) in [6.07, 6.45) is 1.17. The normalized spacial score (nSPS) is 11.2. The molecule has 1 amide bonds. The van der Waals surface area contributed by atoms with Crippen molar-refractivity contribution in [2.75, 3.05) is 39.2 Å². The van der Waals surface area contributed by atoms with Crippen molar-refractivity contribution in [1.82, 2.24) is 4.90 Å². The number of rotatable bonds is 10. The molecular formula is C27H31ClN2O5S. The number of ether oxygens (including phenoxy) is 2.